The number of aliphatic carboxylic acids is 1. The zero-order valence-electron chi connectivity index (χ0n) is 15.1. The normalized spacial score (nSPS) is 16.9. The number of carboxylic acids is 1. The highest BCUT2D eigenvalue weighted by molar-refractivity contribution is 5.97. The van der Waals surface area contributed by atoms with Gasteiger partial charge in [0.1, 0.15) is 0 Å². The van der Waals surface area contributed by atoms with Gasteiger partial charge >= 0.3 is 5.97 Å². The molecule has 1 amide bonds. The van der Waals surface area contributed by atoms with E-state index >= 15 is 0 Å². The highest BCUT2D eigenvalue weighted by Crippen LogP contribution is 2.31. The van der Waals surface area contributed by atoms with Crippen LogP contribution in [0.15, 0.2) is 12.1 Å². The van der Waals surface area contributed by atoms with Crippen molar-refractivity contribution in [2.75, 3.05) is 34.0 Å². The largest absolute Gasteiger partial charge is 0.493 e. The molecule has 1 heterocycles. The lowest BCUT2D eigenvalue weighted by Gasteiger charge is -2.35. The minimum atomic E-state index is -0.992. The Morgan fingerprint density at radius 2 is 1.88 bits per heavy atom. The van der Waals surface area contributed by atoms with E-state index in [1.165, 1.54) is 26.0 Å². The summed E-state index contributed by atoms with van der Waals surface area (Å²) < 4.78 is 15.8. The summed E-state index contributed by atoms with van der Waals surface area (Å²) in [6, 6.07) is 2.65. The van der Waals surface area contributed by atoms with Crippen molar-refractivity contribution < 1.29 is 33.7 Å². The molecule has 1 saturated heterocycles. The van der Waals surface area contributed by atoms with Crippen LogP contribution in [0.2, 0.25) is 0 Å². The number of hydrogen-bond donors (Lipinski definition) is 1. The molecule has 1 aliphatic rings. The van der Waals surface area contributed by atoms with Crippen LogP contribution < -0.4 is 9.47 Å². The number of rotatable bonds is 7. The lowest BCUT2D eigenvalue weighted by molar-refractivity contribution is -0.145. The van der Waals surface area contributed by atoms with Gasteiger partial charge in [-0.25, -0.2) is 0 Å². The maximum atomic E-state index is 12.8. The summed E-state index contributed by atoms with van der Waals surface area (Å²) >= 11 is 0. The second-order valence-electron chi connectivity index (χ2n) is 6.01. The zero-order valence-corrected chi connectivity index (χ0v) is 15.1. The maximum Gasteiger partial charge on any atom is 0.305 e. The molecule has 8 heteroatoms. The van der Waals surface area contributed by atoms with Gasteiger partial charge < -0.3 is 24.2 Å². The van der Waals surface area contributed by atoms with E-state index in [1.54, 1.807) is 12.1 Å². The number of methoxy groups -OCH3 is 2. The average Bonchev–Trinajstić information content (AvgIpc) is 2.60. The van der Waals surface area contributed by atoms with E-state index in [4.69, 9.17) is 19.3 Å². The van der Waals surface area contributed by atoms with E-state index in [1.807, 2.05) is 0 Å². The van der Waals surface area contributed by atoms with Crippen LogP contribution >= 0.6 is 0 Å². The number of morpholine rings is 1. The Bertz CT molecular complexity index is 701. The molecular weight excluding hydrogens is 342 g/mol. The molecule has 1 unspecified atom stereocenters. The van der Waals surface area contributed by atoms with Crippen molar-refractivity contribution in [1.82, 2.24) is 4.90 Å². The quantitative estimate of drug-likeness (QED) is 0.723. The first-order valence-corrected chi connectivity index (χ1v) is 8.22. The van der Waals surface area contributed by atoms with Crippen molar-refractivity contribution in [3.8, 4) is 11.5 Å². The molecule has 0 spiro atoms. The predicted octanol–water partition coefficient (Wildman–Crippen LogP) is 1.15. The van der Waals surface area contributed by atoms with Gasteiger partial charge in [-0.15, -0.1) is 0 Å². The van der Waals surface area contributed by atoms with Crippen LogP contribution in [0.25, 0.3) is 0 Å². The lowest BCUT2D eigenvalue weighted by Crippen LogP contribution is -2.50. The van der Waals surface area contributed by atoms with Crippen LogP contribution in [0, 0.1) is 0 Å². The SMILES string of the molecule is COc1cc(CC(=O)N2CCOCC2CC(=O)O)c(C(C)=O)cc1OC. The molecule has 142 valence electrons. The van der Waals surface area contributed by atoms with Gasteiger partial charge in [-0.05, 0) is 24.6 Å². The number of benzene rings is 1. The third-order valence-electron chi connectivity index (χ3n) is 4.29. The predicted molar refractivity (Wildman–Crippen MR) is 91.8 cm³/mol. The second kappa shape index (κ2) is 8.66. The number of ether oxygens (including phenoxy) is 3. The Morgan fingerprint density at radius 3 is 2.46 bits per heavy atom. The highest BCUT2D eigenvalue weighted by atomic mass is 16.5. The number of carbonyl (C=O) groups is 3. The summed E-state index contributed by atoms with van der Waals surface area (Å²) in [5, 5.41) is 9.03. The van der Waals surface area contributed by atoms with Crippen LogP contribution in [0.4, 0.5) is 0 Å². The molecule has 0 saturated carbocycles. The van der Waals surface area contributed by atoms with Crippen LogP contribution in [-0.2, 0) is 20.7 Å². The van der Waals surface area contributed by atoms with Crippen LogP contribution in [0.5, 0.6) is 11.5 Å². The van der Waals surface area contributed by atoms with E-state index in [-0.39, 0.29) is 31.1 Å². The van der Waals surface area contributed by atoms with Crippen molar-refractivity contribution in [3.05, 3.63) is 23.3 Å². The lowest BCUT2D eigenvalue weighted by atomic mass is 9.99. The summed E-state index contributed by atoms with van der Waals surface area (Å²) in [6.07, 6.45) is -0.220. The van der Waals surface area contributed by atoms with E-state index in [0.717, 1.165) is 0 Å². The number of carbonyl (C=O) groups excluding carboxylic acids is 2. The number of amides is 1. The van der Waals surface area contributed by atoms with Crippen LogP contribution in [0.1, 0.15) is 29.3 Å². The van der Waals surface area contributed by atoms with Crippen LogP contribution in [-0.4, -0.2) is 67.7 Å². The first-order chi connectivity index (χ1) is 12.4. The van der Waals surface area contributed by atoms with Crippen molar-refractivity contribution in [1.29, 1.82) is 0 Å². The average molecular weight is 365 g/mol. The Balaban J connectivity index is 2.29. The number of nitrogens with zero attached hydrogens (tertiary/aromatic N) is 1. The second-order valence-corrected chi connectivity index (χ2v) is 6.01. The Kier molecular flexibility index (Phi) is 6.57. The summed E-state index contributed by atoms with van der Waals surface area (Å²) in [5.41, 5.74) is 0.889. The molecule has 1 fully saturated rings. The fourth-order valence-corrected chi connectivity index (χ4v) is 3.01. The van der Waals surface area contributed by atoms with Crippen molar-refractivity contribution in [3.63, 3.8) is 0 Å². The van der Waals surface area contributed by atoms with Crippen molar-refractivity contribution >= 4 is 17.7 Å². The highest BCUT2D eigenvalue weighted by Gasteiger charge is 2.30. The fraction of sp³-hybridized carbons (Fsp3) is 0.500. The molecule has 0 bridgehead atoms. The van der Waals surface area contributed by atoms with Gasteiger partial charge in [0.15, 0.2) is 17.3 Å². The minimum absolute atomic E-state index is 0.0363. The van der Waals surface area contributed by atoms with Gasteiger partial charge in [0.25, 0.3) is 0 Å². The van der Waals surface area contributed by atoms with E-state index < -0.39 is 12.0 Å². The van der Waals surface area contributed by atoms with Gasteiger partial charge in [0.05, 0.1) is 46.3 Å². The van der Waals surface area contributed by atoms with E-state index in [2.05, 4.69) is 0 Å². The fourth-order valence-electron chi connectivity index (χ4n) is 3.01. The van der Waals surface area contributed by atoms with Gasteiger partial charge in [0.2, 0.25) is 5.91 Å². The summed E-state index contributed by atoms with van der Waals surface area (Å²) in [6.45, 7) is 2.27. The van der Waals surface area contributed by atoms with Gasteiger partial charge in [0, 0.05) is 12.1 Å². The minimum Gasteiger partial charge on any atom is -0.493 e. The third-order valence-corrected chi connectivity index (χ3v) is 4.29. The number of ketones is 1. The first-order valence-electron chi connectivity index (χ1n) is 8.22. The molecule has 2 rings (SSSR count). The first kappa shape index (κ1) is 19.7. The van der Waals surface area contributed by atoms with Crippen molar-refractivity contribution in [2.24, 2.45) is 0 Å². The van der Waals surface area contributed by atoms with E-state index in [0.29, 0.717) is 35.8 Å². The smallest absolute Gasteiger partial charge is 0.305 e. The Morgan fingerprint density at radius 1 is 1.23 bits per heavy atom. The number of Topliss-reactive ketones (excluding diaryl/α,β-unsaturated/α-hetero) is 1. The van der Waals surface area contributed by atoms with Crippen LogP contribution in [0.3, 0.4) is 0 Å². The van der Waals surface area contributed by atoms with E-state index in [9.17, 15) is 14.4 Å². The third kappa shape index (κ3) is 4.51. The standard InChI is InChI=1S/C18H23NO7/c1-11(20)14-9-16(25-3)15(24-2)6-12(14)7-17(21)19-4-5-26-10-13(19)8-18(22)23/h6,9,13H,4-5,7-8,10H2,1-3H3,(H,22,23). The summed E-state index contributed by atoms with van der Waals surface area (Å²) in [4.78, 5) is 37.3. The van der Waals surface area contributed by atoms with Gasteiger partial charge in [-0.3, -0.25) is 14.4 Å². The molecule has 1 atom stereocenters. The molecular formula is C18H23NO7. The number of hydrogen-bond acceptors (Lipinski definition) is 6. The molecule has 0 radical (unpaired) electrons. The molecule has 8 nitrogen and oxygen atoms in total. The summed E-state index contributed by atoms with van der Waals surface area (Å²) in [5.74, 6) is -0.616. The molecule has 0 aliphatic carbocycles. The summed E-state index contributed by atoms with van der Waals surface area (Å²) in [7, 11) is 2.94. The van der Waals surface area contributed by atoms with Gasteiger partial charge in [-0.2, -0.15) is 0 Å². The monoisotopic (exact) mass is 365 g/mol. The zero-order chi connectivity index (χ0) is 19.3. The number of carboxylic acid groups (broad SMARTS) is 1. The molecule has 1 aliphatic heterocycles. The van der Waals surface area contributed by atoms with Gasteiger partial charge in [-0.1, -0.05) is 0 Å². The molecule has 26 heavy (non-hydrogen) atoms. The molecule has 0 aromatic heterocycles. The maximum absolute atomic E-state index is 12.8. The Labute approximate surface area is 151 Å². The Hall–Kier alpha value is -2.61. The molecule has 1 aromatic carbocycles. The molecule has 1 aromatic rings. The van der Waals surface area contributed by atoms with Crippen molar-refractivity contribution in [2.45, 2.75) is 25.8 Å². The molecule has 1 N–H and O–H groups in total. The topological polar surface area (TPSA) is 102 Å².